The number of nitrogens with one attached hydrogen (secondary N) is 1. The molecule has 0 spiro atoms. The number of anilines is 2. The molecule has 3 heterocycles. The Balaban J connectivity index is 1.61. The van der Waals surface area contributed by atoms with E-state index in [4.69, 9.17) is 10.5 Å². The van der Waals surface area contributed by atoms with Crippen molar-refractivity contribution in [3.63, 3.8) is 0 Å². The number of ether oxygens (including phenoxy) is 1. The van der Waals surface area contributed by atoms with Crippen molar-refractivity contribution in [1.29, 1.82) is 0 Å². The van der Waals surface area contributed by atoms with Gasteiger partial charge in [-0.1, -0.05) is 0 Å². The van der Waals surface area contributed by atoms with Crippen LogP contribution in [0, 0.1) is 6.92 Å². The van der Waals surface area contributed by atoms with Gasteiger partial charge in [-0.2, -0.15) is 5.10 Å². The first-order valence-electron chi connectivity index (χ1n) is 10.2. The van der Waals surface area contributed by atoms with Gasteiger partial charge in [0.15, 0.2) is 14.9 Å². The summed E-state index contributed by atoms with van der Waals surface area (Å²) >= 11 is 0. The number of nitrogens with two attached hydrogens (primary N) is 1. The Morgan fingerprint density at radius 3 is 2.58 bits per heavy atom. The molecule has 3 rings (SSSR count). The molecule has 0 bridgehead atoms. The molecule has 1 fully saturated rings. The van der Waals surface area contributed by atoms with Crippen LogP contribution in [-0.4, -0.2) is 59.6 Å². The second-order valence-corrected chi connectivity index (χ2v) is 10.0. The van der Waals surface area contributed by atoms with E-state index < -0.39 is 9.84 Å². The largest absolute Gasteiger partial charge is 0.447 e. The Bertz CT molecular complexity index is 1040. The fourth-order valence-corrected chi connectivity index (χ4v) is 4.14. The van der Waals surface area contributed by atoms with Crippen LogP contribution in [0.3, 0.4) is 0 Å². The van der Waals surface area contributed by atoms with Gasteiger partial charge >= 0.3 is 6.09 Å². The zero-order chi connectivity index (χ0) is 22.8. The molecule has 0 radical (unpaired) electrons. The van der Waals surface area contributed by atoms with Gasteiger partial charge < -0.3 is 20.7 Å². The van der Waals surface area contributed by atoms with Crippen molar-refractivity contribution in [2.75, 3.05) is 30.4 Å². The van der Waals surface area contributed by atoms with Gasteiger partial charge in [-0.25, -0.2) is 22.9 Å². The Kier molecular flexibility index (Phi) is 6.73. The fourth-order valence-electron chi connectivity index (χ4n) is 3.53. The van der Waals surface area contributed by atoms with E-state index in [2.05, 4.69) is 15.4 Å². The number of aromatic nitrogens is 3. The highest BCUT2D eigenvalue weighted by Crippen LogP contribution is 2.27. The summed E-state index contributed by atoms with van der Waals surface area (Å²) in [7, 11) is -3.35. The summed E-state index contributed by atoms with van der Waals surface area (Å²) in [5.74, 6) is 0.578. The number of hydrogen-bond donors (Lipinski definition) is 2. The van der Waals surface area contributed by atoms with Crippen molar-refractivity contribution in [2.45, 2.75) is 57.3 Å². The first kappa shape index (κ1) is 22.9. The molecule has 1 aliphatic rings. The molecular formula is C20H30N6O4S. The molecule has 1 aliphatic heterocycles. The lowest BCUT2D eigenvalue weighted by atomic mass is 10.1. The third kappa shape index (κ3) is 5.46. The highest BCUT2D eigenvalue weighted by molar-refractivity contribution is 7.90. The molecule has 2 aromatic rings. The molecule has 11 heteroatoms. The fraction of sp³-hybridized carbons (Fsp3) is 0.550. The minimum atomic E-state index is -3.35. The number of aryl methyl sites for hydroxylation is 1. The molecule has 2 aromatic heterocycles. The summed E-state index contributed by atoms with van der Waals surface area (Å²) in [4.78, 5) is 17.9. The maximum Gasteiger partial charge on any atom is 0.410 e. The molecule has 0 aliphatic carbocycles. The van der Waals surface area contributed by atoms with Crippen molar-refractivity contribution in [3.05, 3.63) is 29.6 Å². The van der Waals surface area contributed by atoms with Gasteiger partial charge in [0.25, 0.3) is 0 Å². The lowest BCUT2D eigenvalue weighted by Gasteiger charge is -2.32. The molecule has 3 N–H and O–H groups in total. The van der Waals surface area contributed by atoms with Gasteiger partial charge in [-0.05, 0) is 45.7 Å². The number of pyridine rings is 1. The monoisotopic (exact) mass is 450 g/mol. The zero-order valence-electron chi connectivity index (χ0n) is 18.3. The van der Waals surface area contributed by atoms with Crippen molar-refractivity contribution in [1.82, 2.24) is 19.7 Å². The molecule has 170 valence electrons. The van der Waals surface area contributed by atoms with E-state index in [0.717, 1.165) is 30.3 Å². The number of sulfone groups is 1. The van der Waals surface area contributed by atoms with Gasteiger partial charge in [0.1, 0.15) is 5.82 Å². The second-order valence-electron chi connectivity index (χ2n) is 8.06. The number of carbonyl (C=O) groups excluding carboxylic acids is 1. The van der Waals surface area contributed by atoms with Gasteiger partial charge in [0.05, 0.1) is 29.7 Å². The summed E-state index contributed by atoms with van der Waals surface area (Å²) in [6.07, 6.45) is 3.95. The van der Waals surface area contributed by atoms with Crippen LogP contribution in [0.4, 0.5) is 16.3 Å². The van der Waals surface area contributed by atoms with Crippen LogP contribution in [0.5, 0.6) is 0 Å². The Labute approximate surface area is 182 Å². The average Bonchev–Trinajstić information content (AvgIpc) is 3.06. The topological polar surface area (TPSA) is 132 Å². The summed E-state index contributed by atoms with van der Waals surface area (Å²) < 4.78 is 30.4. The second kappa shape index (κ2) is 9.13. The third-order valence-electron chi connectivity index (χ3n) is 5.23. The molecule has 31 heavy (non-hydrogen) atoms. The minimum Gasteiger partial charge on any atom is -0.447 e. The molecule has 10 nitrogen and oxygen atoms in total. The highest BCUT2D eigenvalue weighted by atomic mass is 32.2. The number of carbonyl (C=O) groups is 1. The summed E-state index contributed by atoms with van der Waals surface area (Å²) in [5.41, 5.74) is 8.50. The van der Waals surface area contributed by atoms with Crippen molar-refractivity contribution < 1.29 is 17.9 Å². The van der Waals surface area contributed by atoms with Gasteiger partial charge in [-0.3, -0.25) is 0 Å². The number of nitrogen functional groups attached to an aromatic ring is 1. The molecule has 0 aromatic carbocycles. The van der Waals surface area contributed by atoms with Crippen LogP contribution in [0.25, 0.3) is 0 Å². The van der Waals surface area contributed by atoms with Crippen LogP contribution in [0.15, 0.2) is 23.4 Å². The maximum atomic E-state index is 12.1. The van der Waals surface area contributed by atoms with E-state index in [9.17, 15) is 13.2 Å². The van der Waals surface area contributed by atoms with E-state index in [1.165, 1.54) is 6.07 Å². The predicted molar refractivity (Wildman–Crippen MR) is 118 cm³/mol. The summed E-state index contributed by atoms with van der Waals surface area (Å²) in [6.45, 7) is 7.06. The first-order valence-corrected chi connectivity index (χ1v) is 12.1. The Morgan fingerprint density at radius 2 is 2.00 bits per heavy atom. The lowest BCUT2D eigenvalue weighted by molar-refractivity contribution is 0.0655. The summed E-state index contributed by atoms with van der Waals surface area (Å²) in [5, 5.41) is 7.75. The van der Waals surface area contributed by atoms with Crippen molar-refractivity contribution >= 4 is 27.4 Å². The zero-order valence-corrected chi connectivity index (χ0v) is 19.1. The SMILES string of the molecule is Cc1nc(S(C)(=O)=O)ccc1NCc1cnn(C2CCN(C(=O)OC(C)C)CC2)c1N. The van der Waals surface area contributed by atoms with E-state index in [1.54, 1.807) is 24.1 Å². The van der Waals surface area contributed by atoms with Crippen molar-refractivity contribution in [2.24, 2.45) is 0 Å². The molecule has 0 saturated carbocycles. The van der Waals surface area contributed by atoms with Crippen LogP contribution < -0.4 is 11.1 Å². The molecule has 1 amide bonds. The smallest absolute Gasteiger partial charge is 0.410 e. The number of rotatable bonds is 6. The predicted octanol–water partition coefficient (Wildman–Crippen LogP) is 2.37. The number of piperidine rings is 1. The Morgan fingerprint density at radius 1 is 1.32 bits per heavy atom. The minimum absolute atomic E-state index is 0.0477. The number of likely N-dealkylation sites (tertiary alicyclic amines) is 1. The quantitative estimate of drug-likeness (QED) is 0.685. The average molecular weight is 451 g/mol. The van der Waals surface area contributed by atoms with E-state index in [-0.39, 0.29) is 23.3 Å². The number of hydrogen-bond acceptors (Lipinski definition) is 8. The molecule has 0 atom stereocenters. The maximum absolute atomic E-state index is 12.1. The van der Waals surface area contributed by atoms with E-state index in [0.29, 0.717) is 31.1 Å². The van der Waals surface area contributed by atoms with Gasteiger partial charge in [0.2, 0.25) is 0 Å². The van der Waals surface area contributed by atoms with Crippen LogP contribution >= 0.6 is 0 Å². The first-order chi connectivity index (χ1) is 14.6. The number of amides is 1. The normalized spacial score (nSPS) is 15.3. The molecule has 1 saturated heterocycles. The molecule has 0 unspecified atom stereocenters. The Hall–Kier alpha value is -2.82. The van der Waals surface area contributed by atoms with E-state index >= 15 is 0 Å². The summed E-state index contributed by atoms with van der Waals surface area (Å²) in [6, 6.07) is 3.30. The van der Waals surface area contributed by atoms with Crippen LogP contribution in [0.2, 0.25) is 0 Å². The lowest BCUT2D eigenvalue weighted by Crippen LogP contribution is -2.40. The molecular weight excluding hydrogens is 420 g/mol. The standard InChI is InChI=1S/C20H30N6O4S/c1-13(2)30-20(27)25-9-7-16(8-10-25)26-19(21)15(12-23-26)11-22-17-5-6-18(24-14(17)3)31(4,28)29/h5-6,12-13,16,22H,7-11,21H2,1-4H3. The third-order valence-corrected chi connectivity index (χ3v) is 6.22. The van der Waals surface area contributed by atoms with Crippen molar-refractivity contribution in [3.8, 4) is 0 Å². The highest BCUT2D eigenvalue weighted by Gasteiger charge is 2.27. The van der Waals surface area contributed by atoms with Gasteiger partial charge in [-0.15, -0.1) is 0 Å². The van der Waals surface area contributed by atoms with Gasteiger partial charge in [0, 0.05) is 31.5 Å². The van der Waals surface area contributed by atoms with Crippen LogP contribution in [-0.2, 0) is 21.1 Å². The van der Waals surface area contributed by atoms with E-state index in [1.807, 2.05) is 18.5 Å². The number of nitrogens with zero attached hydrogens (tertiary/aromatic N) is 4. The van der Waals surface area contributed by atoms with Crippen LogP contribution in [0.1, 0.15) is 44.0 Å².